The maximum Gasteiger partial charge on any atom is 0.167 e. The maximum absolute atomic E-state index is 5.49. The number of likely N-dealkylation sites (tertiary alicyclic amines) is 1. The first kappa shape index (κ1) is 12.4. The molecule has 1 aliphatic carbocycles. The van der Waals surface area contributed by atoms with Gasteiger partial charge in [-0.3, -0.25) is 0 Å². The van der Waals surface area contributed by atoms with Crippen molar-refractivity contribution in [1.82, 2.24) is 10.1 Å². The summed E-state index contributed by atoms with van der Waals surface area (Å²) in [7, 11) is 2.29. The van der Waals surface area contributed by atoms with Gasteiger partial charge in [0.25, 0.3) is 0 Å². The molecule has 2 fully saturated rings. The van der Waals surface area contributed by atoms with E-state index in [1.54, 1.807) is 0 Å². The Bertz CT molecular complexity index is 643. The molecule has 106 valence electrons. The third-order valence-corrected chi connectivity index (χ3v) is 5.66. The first-order valence-corrected chi connectivity index (χ1v) is 7.77. The molecule has 0 unspecified atom stereocenters. The standard InChI is InChI=1S/C17H22N2O/c1-12-14-7-6-13(11-15(14)20-18-12)17-8-4-3-5-16(17)19(2)10-9-17/h6-7,11,16H,3-5,8-10H2,1-2H3/t16-,17-/m0/s1. The summed E-state index contributed by atoms with van der Waals surface area (Å²) in [6, 6.07) is 7.49. The number of benzene rings is 1. The molecule has 2 heterocycles. The van der Waals surface area contributed by atoms with Crippen LogP contribution in [0.1, 0.15) is 43.4 Å². The second-order valence-electron chi connectivity index (χ2n) is 6.63. The van der Waals surface area contributed by atoms with Gasteiger partial charge in [-0.25, -0.2) is 0 Å². The van der Waals surface area contributed by atoms with E-state index in [0.717, 1.165) is 16.7 Å². The molecule has 4 rings (SSSR count). The van der Waals surface area contributed by atoms with Crippen molar-refractivity contribution in [3.8, 4) is 0 Å². The zero-order valence-electron chi connectivity index (χ0n) is 12.4. The molecule has 1 aliphatic heterocycles. The Morgan fingerprint density at radius 2 is 2.20 bits per heavy atom. The van der Waals surface area contributed by atoms with Gasteiger partial charge in [0.2, 0.25) is 0 Å². The number of aryl methyl sites for hydroxylation is 1. The highest BCUT2D eigenvalue weighted by Crippen LogP contribution is 2.48. The molecule has 2 aliphatic rings. The third kappa shape index (κ3) is 1.59. The van der Waals surface area contributed by atoms with Gasteiger partial charge in [-0.1, -0.05) is 24.1 Å². The van der Waals surface area contributed by atoms with Crippen LogP contribution in [-0.2, 0) is 5.41 Å². The Labute approximate surface area is 119 Å². The highest BCUT2D eigenvalue weighted by atomic mass is 16.5. The van der Waals surface area contributed by atoms with Crippen LogP contribution in [0.5, 0.6) is 0 Å². The first-order chi connectivity index (χ1) is 9.71. The van der Waals surface area contributed by atoms with Crippen LogP contribution in [0.3, 0.4) is 0 Å². The molecule has 3 nitrogen and oxygen atoms in total. The van der Waals surface area contributed by atoms with Crippen LogP contribution in [0, 0.1) is 6.92 Å². The Morgan fingerprint density at radius 3 is 3.10 bits per heavy atom. The van der Waals surface area contributed by atoms with Gasteiger partial charge in [0, 0.05) is 16.8 Å². The molecule has 2 aromatic rings. The smallest absolute Gasteiger partial charge is 0.167 e. The fourth-order valence-electron chi connectivity index (χ4n) is 4.54. The van der Waals surface area contributed by atoms with Crippen molar-refractivity contribution >= 4 is 11.0 Å². The van der Waals surface area contributed by atoms with Crippen molar-refractivity contribution in [2.45, 2.75) is 50.5 Å². The molecule has 2 atom stereocenters. The molecule has 0 radical (unpaired) electrons. The van der Waals surface area contributed by atoms with Gasteiger partial charge >= 0.3 is 0 Å². The summed E-state index contributed by atoms with van der Waals surface area (Å²) >= 11 is 0. The summed E-state index contributed by atoms with van der Waals surface area (Å²) in [6.07, 6.45) is 6.68. The lowest BCUT2D eigenvalue weighted by molar-refractivity contribution is 0.182. The Morgan fingerprint density at radius 1 is 1.30 bits per heavy atom. The zero-order chi connectivity index (χ0) is 13.7. The molecular weight excluding hydrogens is 248 g/mol. The molecule has 1 aromatic carbocycles. The van der Waals surface area contributed by atoms with Crippen LogP contribution < -0.4 is 0 Å². The lowest BCUT2D eigenvalue weighted by Crippen LogP contribution is -2.43. The predicted octanol–water partition coefficient (Wildman–Crippen LogP) is 3.65. The number of hydrogen-bond acceptors (Lipinski definition) is 3. The van der Waals surface area contributed by atoms with Crippen LogP contribution in [0.4, 0.5) is 0 Å². The zero-order valence-corrected chi connectivity index (χ0v) is 12.4. The van der Waals surface area contributed by atoms with Crippen molar-refractivity contribution in [2.24, 2.45) is 0 Å². The molecule has 1 aromatic heterocycles. The molecule has 0 amide bonds. The molecule has 1 saturated heterocycles. The summed E-state index contributed by atoms with van der Waals surface area (Å²) in [4.78, 5) is 2.56. The van der Waals surface area contributed by atoms with Gasteiger partial charge in [-0.2, -0.15) is 0 Å². The van der Waals surface area contributed by atoms with Crippen molar-refractivity contribution in [3.63, 3.8) is 0 Å². The molecule has 0 N–H and O–H groups in total. The van der Waals surface area contributed by atoms with Gasteiger partial charge < -0.3 is 9.42 Å². The number of fused-ring (bicyclic) bond motifs is 2. The van der Waals surface area contributed by atoms with E-state index in [1.807, 2.05) is 6.92 Å². The van der Waals surface area contributed by atoms with E-state index in [2.05, 4.69) is 35.3 Å². The van der Waals surface area contributed by atoms with Crippen LogP contribution in [0.15, 0.2) is 22.7 Å². The van der Waals surface area contributed by atoms with Gasteiger partial charge in [0.05, 0.1) is 5.69 Å². The number of hydrogen-bond donors (Lipinski definition) is 0. The second-order valence-corrected chi connectivity index (χ2v) is 6.63. The first-order valence-electron chi connectivity index (χ1n) is 7.77. The topological polar surface area (TPSA) is 29.3 Å². The van der Waals surface area contributed by atoms with E-state index in [0.29, 0.717) is 11.5 Å². The fourth-order valence-corrected chi connectivity index (χ4v) is 4.54. The number of likely N-dealkylation sites (N-methyl/N-ethyl adjacent to an activating group) is 1. The van der Waals surface area contributed by atoms with Crippen LogP contribution in [0.25, 0.3) is 11.0 Å². The van der Waals surface area contributed by atoms with Crippen molar-refractivity contribution in [3.05, 3.63) is 29.5 Å². The summed E-state index contributed by atoms with van der Waals surface area (Å²) in [5, 5.41) is 5.25. The van der Waals surface area contributed by atoms with Crippen molar-refractivity contribution < 1.29 is 4.52 Å². The average molecular weight is 270 g/mol. The summed E-state index contributed by atoms with van der Waals surface area (Å²) < 4.78 is 5.49. The second kappa shape index (κ2) is 4.32. The van der Waals surface area contributed by atoms with E-state index in [4.69, 9.17) is 4.52 Å². The molecule has 20 heavy (non-hydrogen) atoms. The molecule has 0 spiro atoms. The van der Waals surface area contributed by atoms with Crippen molar-refractivity contribution in [2.75, 3.05) is 13.6 Å². The van der Waals surface area contributed by atoms with Gasteiger partial charge in [-0.15, -0.1) is 0 Å². The minimum Gasteiger partial charge on any atom is -0.356 e. The molecule has 3 heteroatoms. The minimum atomic E-state index is 0.349. The lowest BCUT2D eigenvalue weighted by Gasteiger charge is -2.41. The molecule has 1 saturated carbocycles. The van der Waals surface area contributed by atoms with E-state index < -0.39 is 0 Å². The Hall–Kier alpha value is -1.35. The van der Waals surface area contributed by atoms with Crippen LogP contribution in [-0.4, -0.2) is 29.7 Å². The SMILES string of the molecule is Cc1noc2cc([C@@]34CCCC[C@@H]3N(C)CC4)ccc12. The largest absolute Gasteiger partial charge is 0.356 e. The molecule has 0 bridgehead atoms. The van der Waals surface area contributed by atoms with E-state index >= 15 is 0 Å². The highest BCUT2D eigenvalue weighted by Gasteiger charge is 2.48. The van der Waals surface area contributed by atoms with Crippen LogP contribution in [0.2, 0.25) is 0 Å². The summed E-state index contributed by atoms with van der Waals surface area (Å²) in [5.74, 6) is 0. The normalized spacial score (nSPS) is 30.8. The summed E-state index contributed by atoms with van der Waals surface area (Å²) in [5.41, 5.74) is 3.76. The number of aromatic nitrogens is 1. The average Bonchev–Trinajstić information content (AvgIpc) is 3.02. The quantitative estimate of drug-likeness (QED) is 0.792. The third-order valence-electron chi connectivity index (χ3n) is 5.66. The van der Waals surface area contributed by atoms with Gasteiger partial charge in [0.15, 0.2) is 5.58 Å². The highest BCUT2D eigenvalue weighted by molar-refractivity contribution is 5.80. The Balaban J connectivity index is 1.83. The predicted molar refractivity (Wildman–Crippen MR) is 79.9 cm³/mol. The Kier molecular flexibility index (Phi) is 2.68. The van der Waals surface area contributed by atoms with E-state index in [9.17, 15) is 0 Å². The molecular formula is C17H22N2O. The fraction of sp³-hybridized carbons (Fsp3) is 0.588. The lowest BCUT2D eigenvalue weighted by atomic mass is 9.66. The van der Waals surface area contributed by atoms with E-state index in [1.165, 1.54) is 44.2 Å². The maximum atomic E-state index is 5.49. The monoisotopic (exact) mass is 270 g/mol. The van der Waals surface area contributed by atoms with Crippen LogP contribution >= 0.6 is 0 Å². The summed E-state index contributed by atoms with van der Waals surface area (Å²) in [6.45, 7) is 3.23. The minimum absolute atomic E-state index is 0.349. The van der Waals surface area contributed by atoms with Gasteiger partial charge in [-0.05, 0) is 57.5 Å². The van der Waals surface area contributed by atoms with E-state index in [-0.39, 0.29) is 0 Å². The van der Waals surface area contributed by atoms with Crippen molar-refractivity contribution in [1.29, 1.82) is 0 Å². The number of nitrogens with zero attached hydrogens (tertiary/aromatic N) is 2. The van der Waals surface area contributed by atoms with Gasteiger partial charge in [0.1, 0.15) is 0 Å². The number of rotatable bonds is 1.